The molecule has 1 aromatic rings. The van der Waals surface area contributed by atoms with Gasteiger partial charge in [0.1, 0.15) is 6.10 Å². The number of amidine groups is 1. The van der Waals surface area contributed by atoms with E-state index < -0.39 is 15.9 Å². The van der Waals surface area contributed by atoms with Gasteiger partial charge in [0, 0.05) is 27.6 Å². The number of carbonyl (C=O) groups is 1. The van der Waals surface area contributed by atoms with Gasteiger partial charge >= 0.3 is 0 Å². The zero-order valence-corrected chi connectivity index (χ0v) is 16.7. The Balaban J connectivity index is 1.72. The zero-order chi connectivity index (χ0) is 18.5. The summed E-state index contributed by atoms with van der Waals surface area (Å²) in [6, 6.07) is 4.71. The standard InChI is InChI=1S/C16H16Cl2N2O4S2/c17-9-4-10(18)6-11(5-9)20-12-7-26(22,23)8-14(12)25-16(20)19-15(21)13-2-1-3-24-13/h4-6,12-14H,1-3,7-8H2/t12-,13-,14-/m0/s1. The number of carbonyl (C=O) groups excluding carboxylic acids is 1. The highest BCUT2D eigenvalue weighted by atomic mass is 35.5. The third-order valence-corrected chi connectivity index (χ3v) is 8.25. The number of thioether (sulfide) groups is 1. The fourth-order valence-corrected chi connectivity index (χ4v) is 7.92. The molecule has 1 amide bonds. The van der Waals surface area contributed by atoms with Gasteiger partial charge < -0.3 is 9.64 Å². The molecule has 3 fully saturated rings. The van der Waals surface area contributed by atoms with Crippen molar-refractivity contribution in [2.24, 2.45) is 4.99 Å². The van der Waals surface area contributed by atoms with E-state index in [2.05, 4.69) is 4.99 Å². The van der Waals surface area contributed by atoms with Crippen LogP contribution < -0.4 is 4.90 Å². The highest BCUT2D eigenvalue weighted by Crippen LogP contribution is 2.42. The first-order chi connectivity index (χ1) is 12.3. The Morgan fingerprint density at radius 1 is 1.23 bits per heavy atom. The van der Waals surface area contributed by atoms with E-state index in [4.69, 9.17) is 27.9 Å². The van der Waals surface area contributed by atoms with Gasteiger partial charge in [0.05, 0.1) is 17.5 Å². The number of anilines is 1. The Morgan fingerprint density at radius 2 is 1.96 bits per heavy atom. The summed E-state index contributed by atoms with van der Waals surface area (Å²) in [6.07, 6.45) is 0.979. The van der Waals surface area contributed by atoms with Gasteiger partial charge in [-0.05, 0) is 31.0 Å². The Bertz CT molecular complexity index is 864. The summed E-state index contributed by atoms with van der Waals surface area (Å²) in [5.74, 6) is -0.242. The van der Waals surface area contributed by atoms with Crippen LogP contribution in [0.3, 0.4) is 0 Å². The molecule has 4 rings (SSSR count). The van der Waals surface area contributed by atoms with E-state index in [1.165, 1.54) is 11.8 Å². The molecule has 0 unspecified atom stereocenters. The van der Waals surface area contributed by atoms with Crippen molar-refractivity contribution in [3.05, 3.63) is 28.2 Å². The van der Waals surface area contributed by atoms with Crippen molar-refractivity contribution in [3.8, 4) is 0 Å². The van der Waals surface area contributed by atoms with E-state index >= 15 is 0 Å². The molecule has 3 saturated heterocycles. The monoisotopic (exact) mass is 434 g/mol. The van der Waals surface area contributed by atoms with E-state index in [1.807, 2.05) is 0 Å². The van der Waals surface area contributed by atoms with Crippen molar-refractivity contribution in [3.63, 3.8) is 0 Å². The quantitative estimate of drug-likeness (QED) is 0.711. The lowest BCUT2D eigenvalue weighted by molar-refractivity contribution is -0.126. The number of benzene rings is 1. The lowest BCUT2D eigenvalue weighted by Gasteiger charge is -2.25. The Kier molecular flexibility index (Phi) is 4.98. The first kappa shape index (κ1) is 18.6. The van der Waals surface area contributed by atoms with E-state index in [0.29, 0.717) is 33.9 Å². The highest BCUT2D eigenvalue weighted by Gasteiger charge is 2.49. The average molecular weight is 435 g/mol. The second kappa shape index (κ2) is 6.98. The SMILES string of the molecule is O=C(N=C1S[C@H]2CS(=O)(=O)C[C@@H]2N1c1cc(Cl)cc(Cl)c1)[C@@H]1CCCO1. The van der Waals surface area contributed by atoms with Gasteiger partial charge in [0.2, 0.25) is 0 Å². The van der Waals surface area contributed by atoms with Crippen LogP contribution in [-0.2, 0) is 19.4 Å². The summed E-state index contributed by atoms with van der Waals surface area (Å²) < 4.78 is 29.6. The molecule has 0 spiro atoms. The fraction of sp³-hybridized carbons (Fsp3) is 0.500. The maximum atomic E-state index is 12.4. The van der Waals surface area contributed by atoms with Crippen molar-refractivity contribution in [2.75, 3.05) is 23.0 Å². The molecule has 26 heavy (non-hydrogen) atoms. The molecular formula is C16H16Cl2N2O4S2. The molecule has 0 radical (unpaired) electrons. The van der Waals surface area contributed by atoms with Crippen molar-refractivity contribution >= 4 is 61.6 Å². The summed E-state index contributed by atoms with van der Waals surface area (Å²) >= 11 is 13.6. The third kappa shape index (κ3) is 3.62. The fourth-order valence-electron chi connectivity index (χ4n) is 3.48. The molecule has 3 aliphatic rings. The molecule has 3 atom stereocenters. The van der Waals surface area contributed by atoms with Gasteiger partial charge in [0.15, 0.2) is 15.0 Å². The van der Waals surface area contributed by atoms with E-state index in [-0.39, 0.29) is 28.7 Å². The maximum absolute atomic E-state index is 12.4. The van der Waals surface area contributed by atoms with Gasteiger partial charge in [-0.3, -0.25) is 4.79 Å². The van der Waals surface area contributed by atoms with Crippen LogP contribution >= 0.6 is 35.0 Å². The summed E-state index contributed by atoms with van der Waals surface area (Å²) in [5, 5.41) is 1.18. The number of ether oxygens (including phenoxy) is 1. The largest absolute Gasteiger partial charge is 0.368 e. The molecule has 1 aromatic carbocycles. The number of halogens is 2. The summed E-state index contributed by atoms with van der Waals surface area (Å²) in [5.41, 5.74) is 0.637. The van der Waals surface area contributed by atoms with Crippen LogP contribution in [0.5, 0.6) is 0 Å². The van der Waals surface area contributed by atoms with Gasteiger partial charge in [-0.2, -0.15) is 4.99 Å². The second-order valence-electron chi connectivity index (χ2n) is 6.53. The van der Waals surface area contributed by atoms with Gasteiger partial charge in [-0.25, -0.2) is 8.42 Å². The molecule has 0 aliphatic carbocycles. The number of amides is 1. The predicted molar refractivity (Wildman–Crippen MR) is 104 cm³/mol. The minimum atomic E-state index is -3.13. The van der Waals surface area contributed by atoms with Crippen molar-refractivity contribution in [1.29, 1.82) is 0 Å². The molecule has 10 heteroatoms. The number of hydrogen-bond donors (Lipinski definition) is 0. The third-order valence-electron chi connectivity index (χ3n) is 4.60. The molecule has 3 heterocycles. The molecular weight excluding hydrogens is 419 g/mol. The molecule has 140 valence electrons. The van der Waals surface area contributed by atoms with Crippen LogP contribution in [0, 0.1) is 0 Å². The number of nitrogens with zero attached hydrogens (tertiary/aromatic N) is 2. The van der Waals surface area contributed by atoms with Crippen LogP contribution in [-0.4, -0.2) is 55.0 Å². The summed E-state index contributed by atoms with van der Waals surface area (Å²) in [6.45, 7) is 0.561. The number of fused-ring (bicyclic) bond motifs is 1. The number of rotatable bonds is 2. The Labute approximate surface area is 165 Å². The van der Waals surface area contributed by atoms with Crippen molar-refractivity contribution in [1.82, 2.24) is 0 Å². The zero-order valence-electron chi connectivity index (χ0n) is 13.6. The molecule has 0 saturated carbocycles. The normalized spacial score (nSPS) is 31.5. The van der Waals surface area contributed by atoms with Gasteiger partial charge in [-0.1, -0.05) is 35.0 Å². The Hall–Kier alpha value is -0.800. The van der Waals surface area contributed by atoms with Crippen LogP contribution in [0.2, 0.25) is 10.0 Å². The lowest BCUT2D eigenvalue weighted by Crippen LogP contribution is -2.38. The van der Waals surface area contributed by atoms with Crippen LogP contribution in [0.4, 0.5) is 5.69 Å². The Morgan fingerprint density at radius 3 is 2.62 bits per heavy atom. The average Bonchev–Trinajstić information content (AvgIpc) is 3.20. The first-order valence-electron chi connectivity index (χ1n) is 8.19. The summed E-state index contributed by atoms with van der Waals surface area (Å²) in [7, 11) is -3.13. The van der Waals surface area contributed by atoms with Gasteiger partial charge in [0.25, 0.3) is 5.91 Å². The number of hydrogen-bond acceptors (Lipinski definition) is 5. The number of aliphatic imine (C=N–C) groups is 1. The maximum Gasteiger partial charge on any atom is 0.277 e. The minimum absolute atomic E-state index is 0.0158. The van der Waals surface area contributed by atoms with E-state index in [1.54, 1.807) is 23.1 Å². The van der Waals surface area contributed by atoms with Crippen LogP contribution in [0.15, 0.2) is 23.2 Å². The van der Waals surface area contributed by atoms with Gasteiger partial charge in [-0.15, -0.1) is 0 Å². The van der Waals surface area contributed by atoms with Crippen LogP contribution in [0.1, 0.15) is 12.8 Å². The van der Waals surface area contributed by atoms with Crippen molar-refractivity contribution < 1.29 is 17.9 Å². The lowest BCUT2D eigenvalue weighted by atomic mass is 10.2. The smallest absolute Gasteiger partial charge is 0.277 e. The molecule has 0 N–H and O–H groups in total. The summed E-state index contributed by atoms with van der Waals surface area (Å²) in [4.78, 5) is 18.5. The van der Waals surface area contributed by atoms with E-state index in [0.717, 1.165) is 6.42 Å². The molecule has 6 nitrogen and oxygen atoms in total. The minimum Gasteiger partial charge on any atom is -0.368 e. The highest BCUT2D eigenvalue weighted by molar-refractivity contribution is 8.16. The predicted octanol–water partition coefficient (Wildman–Crippen LogP) is 2.77. The van der Waals surface area contributed by atoms with Crippen LogP contribution in [0.25, 0.3) is 0 Å². The first-order valence-corrected chi connectivity index (χ1v) is 11.6. The second-order valence-corrected chi connectivity index (χ2v) is 10.8. The van der Waals surface area contributed by atoms with E-state index in [9.17, 15) is 13.2 Å². The number of sulfone groups is 1. The topological polar surface area (TPSA) is 76.0 Å². The molecule has 3 aliphatic heterocycles. The molecule has 0 aromatic heterocycles. The van der Waals surface area contributed by atoms with Crippen molar-refractivity contribution in [2.45, 2.75) is 30.2 Å². The molecule has 0 bridgehead atoms.